The molecule has 2 aromatic rings. The normalized spacial score (nSPS) is 21.3. The molecule has 0 aliphatic heterocycles. The summed E-state index contributed by atoms with van der Waals surface area (Å²) >= 11 is 2.56. The van der Waals surface area contributed by atoms with E-state index in [1.54, 1.807) is 12.1 Å². The molecule has 0 spiro atoms. The van der Waals surface area contributed by atoms with Gasteiger partial charge in [-0.15, -0.1) is 0 Å². The highest BCUT2D eigenvalue weighted by atomic mass is 127. The summed E-state index contributed by atoms with van der Waals surface area (Å²) in [5.74, 6) is 0.848. The number of hydrogen-bond acceptors (Lipinski definition) is 0. The average molecular weight is 458 g/mol. The van der Waals surface area contributed by atoms with Gasteiger partial charge < -0.3 is 0 Å². The molecule has 1 saturated carbocycles. The predicted molar refractivity (Wildman–Crippen MR) is 105 cm³/mol. The standard InChI is InChI=1S/C21H22F3I/c22-21(23,24)19-11-9-18(10-12-19)17-7-3-15(4-8-17)1-2-16-5-13-20(25)14-6-16/h3-4,7-12,16,20H,1-2,5-6,13-14H2. The van der Waals surface area contributed by atoms with E-state index in [9.17, 15) is 13.2 Å². The minimum absolute atomic E-state index is 0.603. The van der Waals surface area contributed by atoms with Crippen LogP contribution in [0, 0.1) is 5.92 Å². The lowest BCUT2D eigenvalue weighted by Crippen LogP contribution is -2.14. The second-order valence-electron chi connectivity index (χ2n) is 6.93. The van der Waals surface area contributed by atoms with Crippen molar-refractivity contribution in [3.8, 4) is 11.1 Å². The first-order valence-corrected chi connectivity index (χ1v) is 10.1. The molecule has 0 N–H and O–H groups in total. The van der Waals surface area contributed by atoms with E-state index in [4.69, 9.17) is 0 Å². The largest absolute Gasteiger partial charge is 0.416 e. The summed E-state index contributed by atoms with van der Waals surface area (Å²) in [6.07, 6.45) is 3.43. The van der Waals surface area contributed by atoms with Gasteiger partial charge in [-0.3, -0.25) is 0 Å². The maximum Gasteiger partial charge on any atom is 0.416 e. The lowest BCUT2D eigenvalue weighted by Gasteiger charge is -2.25. The average Bonchev–Trinajstić information content (AvgIpc) is 2.61. The van der Waals surface area contributed by atoms with E-state index in [-0.39, 0.29) is 0 Å². The molecule has 4 heteroatoms. The molecule has 0 amide bonds. The monoisotopic (exact) mass is 458 g/mol. The molecule has 134 valence electrons. The molecule has 0 bridgehead atoms. The van der Waals surface area contributed by atoms with Crippen LogP contribution in [0.1, 0.15) is 43.2 Å². The van der Waals surface area contributed by atoms with Gasteiger partial charge in [0.25, 0.3) is 0 Å². The SMILES string of the molecule is FC(F)(F)c1ccc(-c2ccc(CCC3CCC(I)CC3)cc2)cc1. The first kappa shape index (κ1) is 18.7. The molecule has 0 unspecified atom stereocenters. The highest BCUT2D eigenvalue weighted by molar-refractivity contribution is 14.1. The quantitative estimate of drug-likeness (QED) is 0.333. The molecule has 0 saturated heterocycles. The molecule has 2 aromatic carbocycles. The number of halogens is 4. The van der Waals surface area contributed by atoms with E-state index in [2.05, 4.69) is 34.7 Å². The van der Waals surface area contributed by atoms with Crippen molar-refractivity contribution in [2.24, 2.45) is 5.92 Å². The zero-order chi connectivity index (χ0) is 17.9. The van der Waals surface area contributed by atoms with E-state index in [0.717, 1.165) is 39.5 Å². The second kappa shape index (κ2) is 8.11. The van der Waals surface area contributed by atoms with Crippen LogP contribution < -0.4 is 0 Å². The highest BCUT2D eigenvalue weighted by Crippen LogP contribution is 2.33. The van der Waals surface area contributed by atoms with Crippen molar-refractivity contribution < 1.29 is 13.2 Å². The topological polar surface area (TPSA) is 0 Å². The lowest BCUT2D eigenvalue weighted by molar-refractivity contribution is -0.137. The van der Waals surface area contributed by atoms with Gasteiger partial charge in [-0.2, -0.15) is 13.2 Å². The maximum absolute atomic E-state index is 12.6. The molecule has 1 aliphatic carbocycles. The van der Waals surface area contributed by atoms with E-state index in [1.165, 1.54) is 37.7 Å². The molecule has 0 aromatic heterocycles. The third-order valence-electron chi connectivity index (χ3n) is 5.12. The van der Waals surface area contributed by atoms with E-state index in [0.29, 0.717) is 0 Å². The van der Waals surface area contributed by atoms with Crippen LogP contribution in [0.4, 0.5) is 13.2 Å². The van der Waals surface area contributed by atoms with Gasteiger partial charge >= 0.3 is 6.18 Å². The van der Waals surface area contributed by atoms with Crippen LogP contribution in [-0.4, -0.2) is 3.92 Å². The molecule has 0 nitrogen and oxygen atoms in total. The third-order valence-corrected chi connectivity index (χ3v) is 6.36. The minimum Gasteiger partial charge on any atom is -0.166 e. The van der Waals surface area contributed by atoms with Gasteiger partial charge in [0, 0.05) is 3.92 Å². The van der Waals surface area contributed by atoms with Gasteiger partial charge in [-0.25, -0.2) is 0 Å². The Labute approximate surface area is 161 Å². The number of hydrogen-bond donors (Lipinski definition) is 0. The second-order valence-corrected chi connectivity index (χ2v) is 8.69. The highest BCUT2D eigenvalue weighted by Gasteiger charge is 2.29. The molecule has 3 rings (SSSR count). The maximum atomic E-state index is 12.6. The van der Waals surface area contributed by atoms with E-state index < -0.39 is 11.7 Å². The molecular formula is C21H22F3I. The minimum atomic E-state index is -4.28. The smallest absolute Gasteiger partial charge is 0.166 e. The van der Waals surface area contributed by atoms with Gasteiger partial charge in [0.15, 0.2) is 0 Å². The fraction of sp³-hybridized carbons (Fsp3) is 0.429. The van der Waals surface area contributed by atoms with Crippen molar-refractivity contribution in [2.45, 2.75) is 48.6 Å². The Hall–Kier alpha value is -1.04. The summed E-state index contributed by atoms with van der Waals surface area (Å²) < 4.78 is 38.8. The Morgan fingerprint density at radius 3 is 1.84 bits per heavy atom. The molecular weight excluding hydrogens is 436 g/mol. The van der Waals surface area contributed by atoms with Gasteiger partial charge in [-0.1, -0.05) is 59.0 Å². The van der Waals surface area contributed by atoms with Crippen LogP contribution in [0.2, 0.25) is 0 Å². The summed E-state index contributed by atoms with van der Waals surface area (Å²) in [6, 6.07) is 13.6. The lowest BCUT2D eigenvalue weighted by atomic mass is 9.85. The van der Waals surface area contributed by atoms with Crippen LogP contribution in [0.3, 0.4) is 0 Å². The Morgan fingerprint density at radius 2 is 1.32 bits per heavy atom. The Morgan fingerprint density at radius 1 is 0.800 bits per heavy atom. The van der Waals surface area contributed by atoms with Gasteiger partial charge in [0.05, 0.1) is 5.56 Å². The third kappa shape index (κ3) is 5.22. The van der Waals surface area contributed by atoms with Gasteiger partial charge in [0.2, 0.25) is 0 Å². The Bertz CT molecular complexity index is 666. The fourth-order valence-corrected chi connectivity index (χ4v) is 4.22. The van der Waals surface area contributed by atoms with E-state index >= 15 is 0 Å². The summed E-state index contributed by atoms with van der Waals surface area (Å²) in [4.78, 5) is 0. The zero-order valence-corrected chi connectivity index (χ0v) is 16.2. The van der Waals surface area contributed by atoms with Crippen molar-refractivity contribution in [3.63, 3.8) is 0 Å². The van der Waals surface area contributed by atoms with Crippen molar-refractivity contribution >= 4 is 22.6 Å². The van der Waals surface area contributed by atoms with Crippen molar-refractivity contribution in [1.82, 2.24) is 0 Å². The zero-order valence-electron chi connectivity index (χ0n) is 14.0. The van der Waals surface area contributed by atoms with E-state index in [1.807, 2.05) is 12.1 Å². The first-order valence-electron chi connectivity index (χ1n) is 8.82. The van der Waals surface area contributed by atoms with Crippen molar-refractivity contribution in [2.75, 3.05) is 0 Å². The number of benzene rings is 2. The molecule has 1 aliphatic rings. The summed E-state index contributed by atoms with van der Waals surface area (Å²) in [5, 5.41) is 0. The van der Waals surface area contributed by atoms with Crippen LogP contribution >= 0.6 is 22.6 Å². The van der Waals surface area contributed by atoms with Crippen LogP contribution in [0.15, 0.2) is 48.5 Å². The Kier molecular flexibility index (Phi) is 6.08. The Balaban J connectivity index is 1.58. The number of aryl methyl sites for hydroxylation is 1. The molecule has 0 heterocycles. The van der Waals surface area contributed by atoms with Crippen molar-refractivity contribution in [3.05, 3.63) is 59.7 Å². The van der Waals surface area contributed by atoms with Crippen LogP contribution in [-0.2, 0) is 12.6 Å². The predicted octanol–water partition coefficient (Wildman–Crippen LogP) is 7.30. The van der Waals surface area contributed by atoms with Crippen LogP contribution in [0.25, 0.3) is 11.1 Å². The van der Waals surface area contributed by atoms with Gasteiger partial charge in [0.1, 0.15) is 0 Å². The summed E-state index contributed by atoms with van der Waals surface area (Å²) in [5.41, 5.74) is 2.49. The molecule has 0 atom stereocenters. The molecule has 25 heavy (non-hydrogen) atoms. The summed E-state index contributed by atoms with van der Waals surface area (Å²) in [6.45, 7) is 0. The molecule has 0 radical (unpaired) electrons. The first-order chi connectivity index (χ1) is 11.9. The number of rotatable bonds is 4. The summed E-state index contributed by atoms with van der Waals surface area (Å²) in [7, 11) is 0. The molecule has 1 fully saturated rings. The fourth-order valence-electron chi connectivity index (χ4n) is 3.50. The van der Waals surface area contributed by atoms with Crippen molar-refractivity contribution in [1.29, 1.82) is 0 Å². The number of alkyl halides is 4. The van der Waals surface area contributed by atoms with Gasteiger partial charge in [-0.05, 0) is 73.3 Å². The van der Waals surface area contributed by atoms with Crippen LogP contribution in [0.5, 0.6) is 0 Å².